The molecule has 0 aliphatic carbocycles. The topological polar surface area (TPSA) is 81.9 Å². The Hall–Kier alpha value is -2.09. The highest BCUT2D eigenvalue weighted by Crippen LogP contribution is 2.25. The molecule has 0 unspecified atom stereocenters. The molecule has 1 aromatic heterocycles. The summed E-state index contributed by atoms with van der Waals surface area (Å²) in [4.78, 5) is 11.8. The molecule has 124 valence electrons. The van der Waals surface area contributed by atoms with Gasteiger partial charge in [0.2, 0.25) is 11.1 Å². The standard InChI is InChI=1S/C15H21N5O2S/c1-3-5-10-16-14(21)11-23-15-17-18-19-20(15)12-8-6-7-9-13(12)22-4-2/h6-9H,3-5,10-11H2,1-2H3,(H,16,21). The normalized spacial score (nSPS) is 10.5. The molecule has 1 N–H and O–H groups in total. The van der Waals surface area contributed by atoms with Gasteiger partial charge in [-0.25, -0.2) is 0 Å². The summed E-state index contributed by atoms with van der Waals surface area (Å²) in [6.07, 6.45) is 2.04. The number of hydrogen-bond donors (Lipinski definition) is 1. The molecule has 0 spiro atoms. The van der Waals surface area contributed by atoms with Gasteiger partial charge in [-0.05, 0) is 35.9 Å². The fraction of sp³-hybridized carbons (Fsp3) is 0.467. The minimum atomic E-state index is -0.0175. The van der Waals surface area contributed by atoms with E-state index in [1.165, 1.54) is 11.8 Å². The lowest BCUT2D eigenvalue weighted by Gasteiger charge is -2.10. The van der Waals surface area contributed by atoms with Crippen molar-refractivity contribution < 1.29 is 9.53 Å². The zero-order chi connectivity index (χ0) is 16.5. The molecule has 2 rings (SSSR count). The van der Waals surface area contributed by atoms with Crippen LogP contribution in [0.1, 0.15) is 26.7 Å². The number of para-hydroxylation sites is 2. The molecule has 7 nitrogen and oxygen atoms in total. The maximum atomic E-state index is 11.8. The molecule has 0 radical (unpaired) electrons. The monoisotopic (exact) mass is 335 g/mol. The van der Waals surface area contributed by atoms with Gasteiger partial charge in [0.25, 0.3) is 0 Å². The number of amides is 1. The number of nitrogens with one attached hydrogen (secondary N) is 1. The summed E-state index contributed by atoms with van der Waals surface area (Å²) < 4.78 is 7.19. The van der Waals surface area contributed by atoms with E-state index in [0.29, 0.717) is 24.1 Å². The van der Waals surface area contributed by atoms with E-state index in [-0.39, 0.29) is 11.7 Å². The van der Waals surface area contributed by atoms with Gasteiger partial charge in [0.05, 0.1) is 12.4 Å². The summed E-state index contributed by atoms with van der Waals surface area (Å²) in [5.74, 6) is 0.966. The summed E-state index contributed by atoms with van der Waals surface area (Å²) in [6.45, 7) is 5.27. The Morgan fingerprint density at radius 2 is 2.17 bits per heavy atom. The van der Waals surface area contributed by atoms with Crippen LogP contribution in [-0.2, 0) is 4.79 Å². The van der Waals surface area contributed by atoms with Gasteiger partial charge in [0, 0.05) is 6.54 Å². The van der Waals surface area contributed by atoms with Crippen molar-refractivity contribution in [2.75, 3.05) is 18.9 Å². The lowest BCUT2D eigenvalue weighted by atomic mass is 10.3. The molecular formula is C15H21N5O2S. The molecule has 0 atom stereocenters. The van der Waals surface area contributed by atoms with Crippen LogP contribution in [0.3, 0.4) is 0 Å². The van der Waals surface area contributed by atoms with Crippen molar-refractivity contribution in [1.29, 1.82) is 0 Å². The number of thioether (sulfide) groups is 1. The first-order chi connectivity index (χ1) is 11.3. The van der Waals surface area contributed by atoms with Crippen molar-refractivity contribution in [2.24, 2.45) is 0 Å². The van der Waals surface area contributed by atoms with Crippen LogP contribution in [0, 0.1) is 0 Å². The van der Waals surface area contributed by atoms with Crippen LogP contribution >= 0.6 is 11.8 Å². The molecule has 1 heterocycles. The van der Waals surface area contributed by atoms with E-state index in [2.05, 4.69) is 27.8 Å². The van der Waals surface area contributed by atoms with E-state index in [9.17, 15) is 4.79 Å². The molecule has 0 fully saturated rings. The van der Waals surface area contributed by atoms with Gasteiger partial charge in [0.15, 0.2) is 0 Å². The molecule has 0 bridgehead atoms. The Morgan fingerprint density at radius 3 is 2.96 bits per heavy atom. The Kier molecular flexibility index (Phi) is 6.86. The molecule has 0 aliphatic rings. The number of aromatic nitrogens is 4. The second kappa shape index (κ2) is 9.14. The maximum Gasteiger partial charge on any atom is 0.230 e. The number of nitrogens with zero attached hydrogens (tertiary/aromatic N) is 4. The zero-order valence-electron chi connectivity index (χ0n) is 13.4. The van der Waals surface area contributed by atoms with E-state index in [4.69, 9.17) is 4.74 Å². The molecule has 1 amide bonds. The first-order valence-electron chi connectivity index (χ1n) is 7.66. The number of benzene rings is 1. The largest absolute Gasteiger partial charge is 0.492 e. The average Bonchev–Trinajstić information content (AvgIpc) is 3.02. The van der Waals surface area contributed by atoms with E-state index in [1.807, 2.05) is 31.2 Å². The Labute approximate surface area is 139 Å². The highest BCUT2D eigenvalue weighted by atomic mass is 32.2. The fourth-order valence-electron chi connectivity index (χ4n) is 1.92. The van der Waals surface area contributed by atoms with Gasteiger partial charge in [-0.2, -0.15) is 4.68 Å². The van der Waals surface area contributed by atoms with Crippen molar-refractivity contribution in [3.8, 4) is 11.4 Å². The molecule has 0 saturated heterocycles. The van der Waals surface area contributed by atoms with Gasteiger partial charge in [0.1, 0.15) is 11.4 Å². The van der Waals surface area contributed by atoms with Crippen molar-refractivity contribution in [3.05, 3.63) is 24.3 Å². The van der Waals surface area contributed by atoms with Crippen molar-refractivity contribution >= 4 is 17.7 Å². The number of ether oxygens (including phenoxy) is 1. The molecule has 0 saturated carbocycles. The third-order valence-corrected chi connectivity index (χ3v) is 3.94. The number of hydrogen-bond acceptors (Lipinski definition) is 6. The van der Waals surface area contributed by atoms with E-state index < -0.39 is 0 Å². The van der Waals surface area contributed by atoms with Crippen molar-refractivity contribution in [3.63, 3.8) is 0 Å². The van der Waals surface area contributed by atoms with Crippen LogP contribution < -0.4 is 10.1 Å². The van der Waals surface area contributed by atoms with Crippen molar-refractivity contribution in [1.82, 2.24) is 25.5 Å². The molecule has 0 aliphatic heterocycles. The number of tetrazole rings is 1. The molecular weight excluding hydrogens is 314 g/mol. The summed E-state index contributed by atoms with van der Waals surface area (Å²) in [5, 5.41) is 15.1. The molecule has 2 aromatic rings. The van der Waals surface area contributed by atoms with Crippen LogP contribution in [0.5, 0.6) is 5.75 Å². The third-order valence-electron chi connectivity index (χ3n) is 3.02. The van der Waals surface area contributed by atoms with Gasteiger partial charge >= 0.3 is 0 Å². The quantitative estimate of drug-likeness (QED) is 0.558. The van der Waals surface area contributed by atoms with Crippen molar-refractivity contribution in [2.45, 2.75) is 31.8 Å². The van der Waals surface area contributed by atoms with Gasteiger partial charge in [-0.15, -0.1) is 5.10 Å². The third kappa shape index (κ3) is 4.95. The minimum Gasteiger partial charge on any atom is -0.492 e. The second-order valence-electron chi connectivity index (χ2n) is 4.77. The molecule has 23 heavy (non-hydrogen) atoms. The average molecular weight is 335 g/mol. The first kappa shape index (κ1) is 17.3. The smallest absolute Gasteiger partial charge is 0.230 e. The maximum absolute atomic E-state index is 11.8. The summed E-state index contributed by atoms with van der Waals surface area (Å²) in [7, 11) is 0. The predicted octanol–water partition coefficient (Wildman–Crippen LogP) is 2.07. The SMILES string of the molecule is CCCCNC(=O)CSc1nnnn1-c1ccccc1OCC. The van der Waals surface area contributed by atoms with Crippen LogP contribution in [0.4, 0.5) is 0 Å². The van der Waals surface area contributed by atoms with Gasteiger partial charge in [-0.3, -0.25) is 4.79 Å². The Balaban J connectivity index is 2.04. The minimum absolute atomic E-state index is 0.0175. The molecule has 8 heteroatoms. The summed E-state index contributed by atoms with van der Waals surface area (Å²) in [5.41, 5.74) is 0.758. The number of carbonyl (C=O) groups excluding carboxylic acids is 1. The van der Waals surface area contributed by atoms with E-state index in [1.54, 1.807) is 4.68 Å². The highest BCUT2D eigenvalue weighted by molar-refractivity contribution is 7.99. The zero-order valence-corrected chi connectivity index (χ0v) is 14.2. The number of unbranched alkanes of at least 4 members (excludes halogenated alkanes) is 1. The van der Waals surface area contributed by atoms with Crippen LogP contribution in [-0.4, -0.2) is 45.0 Å². The van der Waals surface area contributed by atoms with E-state index in [0.717, 1.165) is 18.5 Å². The highest BCUT2D eigenvalue weighted by Gasteiger charge is 2.14. The number of rotatable bonds is 9. The summed E-state index contributed by atoms with van der Waals surface area (Å²) in [6, 6.07) is 7.54. The van der Waals surface area contributed by atoms with Crippen LogP contribution in [0.2, 0.25) is 0 Å². The van der Waals surface area contributed by atoms with Crippen LogP contribution in [0.25, 0.3) is 5.69 Å². The van der Waals surface area contributed by atoms with Gasteiger partial charge in [-0.1, -0.05) is 37.2 Å². The number of carbonyl (C=O) groups is 1. The van der Waals surface area contributed by atoms with Gasteiger partial charge < -0.3 is 10.1 Å². The van der Waals surface area contributed by atoms with E-state index >= 15 is 0 Å². The van der Waals surface area contributed by atoms with Crippen LogP contribution in [0.15, 0.2) is 29.4 Å². The Bertz CT molecular complexity index is 632. The lowest BCUT2D eigenvalue weighted by Crippen LogP contribution is -2.26. The predicted molar refractivity (Wildman–Crippen MR) is 89.0 cm³/mol. The summed E-state index contributed by atoms with van der Waals surface area (Å²) >= 11 is 1.30. The Morgan fingerprint density at radius 1 is 1.35 bits per heavy atom. The second-order valence-corrected chi connectivity index (χ2v) is 5.71. The lowest BCUT2D eigenvalue weighted by molar-refractivity contribution is -0.118. The molecule has 1 aromatic carbocycles. The first-order valence-corrected chi connectivity index (χ1v) is 8.64. The fourth-order valence-corrected chi connectivity index (χ4v) is 2.63.